The number of fused-ring (bicyclic) bond motifs is 1. The van der Waals surface area contributed by atoms with Gasteiger partial charge in [-0.3, -0.25) is 0 Å². The van der Waals surface area contributed by atoms with Crippen molar-refractivity contribution >= 4 is 50.0 Å². The van der Waals surface area contributed by atoms with Gasteiger partial charge in [0, 0.05) is 20.1 Å². The summed E-state index contributed by atoms with van der Waals surface area (Å²) in [6.45, 7) is 0.544. The minimum Gasteiger partial charge on any atom is -0.478 e. The van der Waals surface area contributed by atoms with Crippen LogP contribution in [0.25, 0.3) is 10.9 Å². The summed E-state index contributed by atoms with van der Waals surface area (Å²) in [6.07, 6.45) is 0. The number of aromatic nitrogens is 1. The minimum absolute atomic E-state index is 0.185. The molecule has 106 valence electrons. The first-order valence-electron chi connectivity index (χ1n) is 6.23. The van der Waals surface area contributed by atoms with Crippen LogP contribution < -0.4 is 5.32 Å². The summed E-state index contributed by atoms with van der Waals surface area (Å²) in [6, 6.07) is 11.1. The Morgan fingerprint density at radius 2 is 2.14 bits per heavy atom. The largest absolute Gasteiger partial charge is 0.478 e. The van der Waals surface area contributed by atoms with Gasteiger partial charge in [-0.05, 0) is 34.1 Å². The molecule has 0 radical (unpaired) electrons. The second kappa shape index (κ2) is 5.83. The predicted molar refractivity (Wildman–Crippen MR) is 88.0 cm³/mol. The van der Waals surface area contributed by atoms with Crippen molar-refractivity contribution in [1.82, 2.24) is 4.98 Å². The number of carboxylic acid groups (broad SMARTS) is 1. The van der Waals surface area contributed by atoms with Crippen molar-refractivity contribution in [3.8, 4) is 0 Å². The molecule has 0 aliphatic heterocycles. The summed E-state index contributed by atoms with van der Waals surface area (Å²) in [5.41, 5.74) is 0.960. The zero-order valence-electron chi connectivity index (χ0n) is 10.8. The van der Waals surface area contributed by atoms with Gasteiger partial charge in [0.2, 0.25) is 0 Å². The highest BCUT2D eigenvalue weighted by molar-refractivity contribution is 9.10. The lowest BCUT2D eigenvalue weighted by Crippen LogP contribution is -2.08. The highest BCUT2D eigenvalue weighted by atomic mass is 79.9. The molecule has 6 heteroatoms. The van der Waals surface area contributed by atoms with Crippen LogP contribution >= 0.6 is 27.3 Å². The summed E-state index contributed by atoms with van der Waals surface area (Å²) in [4.78, 5) is 16.9. The molecule has 0 spiro atoms. The number of pyridine rings is 1. The van der Waals surface area contributed by atoms with Crippen LogP contribution in [0, 0.1) is 0 Å². The van der Waals surface area contributed by atoms with Crippen LogP contribution in [-0.2, 0) is 6.54 Å². The van der Waals surface area contributed by atoms with Gasteiger partial charge in [0.15, 0.2) is 0 Å². The van der Waals surface area contributed by atoms with E-state index < -0.39 is 5.97 Å². The normalized spacial score (nSPS) is 10.7. The number of carbonyl (C=O) groups is 1. The first-order chi connectivity index (χ1) is 10.1. The van der Waals surface area contributed by atoms with E-state index in [1.165, 1.54) is 0 Å². The molecule has 0 aliphatic carbocycles. The lowest BCUT2D eigenvalue weighted by molar-refractivity contribution is 0.0697. The van der Waals surface area contributed by atoms with Gasteiger partial charge in [-0.1, -0.05) is 18.2 Å². The van der Waals surface area contributed by atoms with Crippen LogP contribution in [0.5, 0.6) is 0 Å². The average molecular weight is 363 g/mol. The number of thiophene rings is 1. The van der Waals surface area contributed by atoms with Crippen LogP contribution in [0.1, 0.15) is 15.2 Å². The molecular weight excluding hydrogens is 352 g/mol. The number of anilines is 1. The molecule has 0 unspecified atom stereocenters. The maximum Gasteiger partial charge on any atom is 0.339 e. The average Bonchev–Trinajstić information content (AvgIpc) is 2.89. The molecule has 0 aliphatic rings. The molecule has 2 N–H and O–H groups in total. The fourth-order valence-corrected chi connectivity index (χ4v) is 3.42. The molecule has 0 saturated heterocycles. The quantitative estimate of drug-likeness (QED) is 0.723. The van der Waals surface area contributed by atoms with Crippen LogP contribution in [-0.4, -0.2) is 16.1 Å². The summed E-state index contributed by atoms with van der Waals surface area (Å²) in [7, 11) is 0. The molecule has 1 aromatic carbocycles. The maximum atomic E-state index is 11.4. The lowest BCUT2D eigenvalue weighted by atomic mass is 10.1. The summed E-state index contributed by atoms with van der Waals surface area (Å²) >= 11 is 5.00. The SMILES string of the molecule is O=C(O)c1cc2ccccc2nc1NCc1cc(Br)cs1. The van der Waals surface area contributed by atoms with E-state index in [0.717, 1.165) is 20.3 Å². The Morgan fingerprint density at radius 3 is 2.86 bits per heavy atom. The molecule has 3 rings (SSSR count). The Kier molecular flexibility index (Phi) is 3.90. The van der Waals surface area contributed by atoms with Gasteiger partial charge >= 0.3 is 5.97 Å². The molecule has 2 aromatic heterocycles. The fourth-order valence-electron chi connectivity index (χ4n) is 2.03. The van der Waals surface area contributed by atoms with E-state index in [-0.39, 0.29) is 5.56 Å². The second-order valence-corrected chi connectivity index (χ2v) is 6.38. The highest BCUT2D eigenvalue weighted by Gasteiger charge is 2.13. The van der Waals surface area contributed by atoms with Gasteiger partial charge < -0.3 is 10.4 Å². The van der Waals surface area contributed by atoms with E-state index in [4.69, 9.17) is 0 Å². The number of nitrogens with zero attached hydrogens (tertiary/aromatic N) is 1. The summed E-state index contributed by atoms with van der Waals surface area (Å²) in [5, 5.41) is 15.3. The molecule has 0 fully saturated rings. The Hall–Kier alpha value is -1.92. The molecule has 21 heavy (non-hydrogen) atoms. The Morgan fingerprint density at radius 1 is 1.33 bits per heavy atom. The molecule has 2 heterocycles. The third-order valence-electron chi connectivity index (χ3n) is 3.01. The number of hydrogen-bond acceptors (Lipinski definition) is 4. The van der Waals surface area contributed by atoms with Crippen LogP contribution in [0.2, 0.25) is 0 Å². The third-order valence-corrected chi connectivity index (χ3v) is 4.70. The van der Waals surface area contributed by atoms with Crippen molar-refractivity contribution in [3.63, 3.8) is 0 Å². The van der Waals surface area contributed by atoms with E-state index in [2.05, 4.69) is 26.2 Å². The number of hydrogen-bond donors (Lipinski definition) is 2. The Labute approximate surface area is 133 Å². The van der Waals surface area contributed by atoms with Crippen LogP contribution in [0.15, 0.2) is 46.3 Å². The standard InChI is InChI=1S/C15H11BrN2O2S/c16-10-6-11(21-8-10)7-17-14-12(15(19)20)5-9-3-1-2-4-13(9)18-14/h1-6,8H,7H2,(H,17,18)(H,19,20). The van der Waals surface area contributed by atoms with Crippen molar-refractivity contribution in [2.24, 2.45) is 0 Å². The molecule has 0 atom stereocenters. The maximum absolute atomic E-state index is 11.4. The van der Waals surface area contributed by atoms with Gasteiger partial charge in [-0.15, -0.1) is 11.3 Å². The number of rotatable bonds is 4. The van der Waals surface area contributed by atoms with Crippen molar-refractivity contribution in [1.29, 1.82) is 0 Å². The number of para-hydroxylation sites is 1. The second-order valence-electron chi connectivity index (χ2n) is 4.47. The molecule has 4 nitrogen and oxygen atoms in total. The minimum atomic E-state index is -0.983. The number of halogens is 1. The monoisotopic (exact) mass is 362 g/mol. The van der Waals surface area contributed by atoms with Crippen molar-refractivity contribution in [2.45, 2.75) is 6.54 Å². The zero-order valence-corrected chi connectivity index (χ0v) is 13.2. The zero-order chi connectivity index (χ0) is 14.8. The number of nitrogens with one attached hydrogen (secondary N) is 1. The number of carboxylic acids is 1. The molecular formula is C15H11BrN2O2S. The summed E-state index contributed by atoms with van der Waals surface area (Å²) < 4.78 is 1.02. The van der Waals surface area contributed by atoms with Gasteiger partial charge in [-0.25, -0.2) is 9.78 Å². The lowest BCUT2D eigenvalue weighted by Gasteiger charge is -2.09. The predicted octanol–water partition coefficient (Wildman–Crippen LogP) is 4.37. The van der Waals surface area contributed by atoms with Crippen molar-refractivity contribution in [3.05, 3.63) is 56.7 Å². The third kappa shape index (κ3) is 3.06. The molecule has 3 aromatic rings. The molecule has 0 saturated carbocycles. The highest BCUT2D eigenvalue weighted by Crippen LogP contribution is 2.23. The number of benzene rings is 1. The number of aromatic carboxylic acids is 1. The van der Waals surface area contributed by atoms with Gasteiger partial charge in [0.05, 0.1) is 12.1 Å². The Balaban J connectivity index is 1.95. The molecule has 0 amide bonds. The van der Waals surface area contributed by atoms with Crippen LogP contribution in [0.4, 0.5) is 5.82 Å². The summed E-state index contributed by atoms with van der Waals surface area (Å²) in [5.74, 6) is -0.589. The van der Waals surface area contributed by atoms with E-state index in [9.17, 15) is 9.90 Å². The Bertz CT molecular complexity index is 816. The topological polar surface area (TPSA) is 62.2 Å². The van der Waals surface area contributed by atoms with Crippen molar-refractivity contribution < 1.29 is 9.90 Å². The van der Waals surface area contributed by atoms with E-state index in [1.54, 1.807) is 17.4 Å². The van der Waals surface area contributed by atoms with Crippen molar-refractivity contribution in [2.75, 3.05) is 5.32 Å². The fraction of sp³-hybridized carbons (Fsp3) is 0.0667. The molecule has 0 bridgehead atoms. The van der Waals surface area contributed by atoms with Gasteiger partial charge in [-0.2, -0.15) is 0 Å². The van der Waals surface area contributed by atoms with E-state index in [1.807, 2.05) is 35.7 Å². The first kappa shape index (κ1) is 14.0. The first-order valence-corrected chi connectivity index (χ1v) is 7.90. The van der Waals surface area contributed by atoms with Gasteiger partial charge in [0.1, 0.15) is 11.4 Å². The van der Waals surface area contributed by atoms with E-state index in [0.29, 0.717) is 12.4 Å². The smallest absolute Gasteiger partial charge is 0.339 e. The van der Waals surface area contributed by atoms with Crippen LogP contribution in [0.3, 0.4) is 0 Å². The van der Waals surface area contributed by atoms with E-state index >= 15 is 0 Å². The van der Waals surface area contributed by atoms with Gasteiger partial charge in [0.25, 0.3) is 0 Å².